The number of hydrogen-bond acceptors (Lipinski definition) is 7. The van der Waals surface area contributed by atoms with Crippen LogP contribution in [0.4, 0.5) is 17.1 Å². The lowest BCUT2D eigenvalue weighted by Crippen LogP contribution is -2.48. The summed E-state index contributed by atoms with van der Waals surface area (Å²) in [6.45, 7) is 8.08. The first-order valence-corrected chi connectivity index (χ1v) is 11.1. The largest absolute Gasteiger partial charge is 0.489 e. The van der Waals surface area contributed by atoms with E-state index in [1.54, 1.807) is 7.11 Å². The molecule has 7 heteroatoms. The Bertz CT molecular complexity index is 966. The average molecular weight is 425 g/mol. The van der Waals surface area contributed by atoms with Crippen LogP contribution >= 0.6 is 0 Å². The van der Waals surface area contributed by atoms with Crippen LogP contribution in [0.15, 0.2) is 30.3 Å². The molecule has 3 heterocycles. The summed E-state index contributed by atoms with van der Waals surface area (Å²) in [6.07, 6.45) is -0.645. The van der Waals surface area contributed by atoms with Gasteiger partial charge in [0.25, 0.3) is 0 Å². The highest BCUT2D eigenvalue weighted by Crippen LogP contribution is 2.49. The van der Waals surface area contributed by atoms with E-state index in [-0.39, 0.29) is 13.2 Å². The van der Waals surface area contributed by atoms with Crippen molar-refractivity contribution in [3.8, 4) is 5.75 Å². The fourth-order valence-corrected chi connectivity index (χ4v) is 5.22. The lowest BCUT2D eigenvalue weighted by molar-refractivity contribution is 0.0326. The third-order valence-corrected chi connectivity index (χ3v) is 6.46. The zero-order valence-electron chi connectivity index (χ0n) is 18.7. The van der Waals surface area contributed by atoms with Gasteiger partial charge >= 0.3 is 0 Å². The normalized spacial score (nSPS) is 18.4. The van der Waals surface area contributed by atoms with Crippen LogP contribution in [-0.4, -0.2) is 63.4 Å². The number of benzene rings is 2. The number of hydrogen-bond donors (Lipinski definition) is 1. The highest BCUT2D eigenvalue weighted by Gasteiger charge is 2.36. The van der Waals surface area contributed by atoms with Crippen molar-refractivity contribution in [2.75, 3.05) is 62.0 Å². The maximum atomic E-state index is 10.2. The molecule has 0 amide bonds. The number of fused-ring (bicyclic) bond motifs is 8. The van der Waals surface area contributed by atoms with E-state index in [4.69, 9.17) is 9.47 Å². The number of rotatable bonds is 6. The van der Waals surface area contributed by atoms with Crippen LogP contribution in [0.3, 0.4) is 0 Å². The fraction of sp³-hybridized carbons (Fsp3) is 0.500. The summed E-state index contributed by atoms with van der Waals surface area (Å²) in [5.74, 6) is 0.870. The smallest absolute Gasteiger partial charge is 0.143 e. The fourth-order valence-electron chi connectivity index (χ4n) is 5.22. The molecule has 0 aliphatic carbocycles. The van der Waals surface area contributed by atoms with E-state index < -0.39 is 6.10 Å². The van der Waals surface area contributed by atoms with Crippen molar-refractivity contribution in [1.82, 2.24) is 4.90 Å². The van der Waals surface area contributed by atoms with E-state index in [2.05, 4.69) is 63.9 Å². The lowest BCUT2D eigenvalue weighted by Gasteiger charge is -2.48. The predicted molar refractivity (Wildman–Crippen MR) is 123 cm³/mol. The maximum absolute atomic E-state index is 10.2. The summed E-state index contributed by atoms with van der Waals surface area (Å²) in [6, 6.07) is 10.9. The summed E-state index contributed by atoms with van der Waals surface area (Å²) in [4.78, 5) is 9.69. The predicted octanol–water partition coefficient (Wildman–Crippen LogP) is 2.60. The Labute approximate surface area is 184 Å². The van der Waals surface area contributed by atoms with Gasteiger partial charge in [-0.3, -0.25) is 4.90 Å². The van der Waals surface area contributed by atoms with Crippen LogP contribution in [0, 0.1) is 0 Å². The maximum Gasteiger partial charge on any atom is 0.143 e. The Morgan fingerprint density at radius 1 is 1.00 bits per heavy atom. The summed E-state index contributed by atoms with van der Waals surface area (Å²) in [5.41, 5.74) is 7.84. The molecule has 2 bridgehead atoms. The molecule has 31 heavy (non-hydrogen) atoms. The Kier molecular flexibility index (Phi) is 5.42. The monoisotopic (exact) mass is 424 g/mol. The number of aliphatic hydroxyl groups is 1. The first-order valence-electron chi connectivity index (χ1n) is 11.1. The summed E-state index contributed by atoms with van der Waals surface area (Å²) >= 11 is 0. The van der Waals surface area contributed by atoms with Crippen molar-refractivity contribution >= 4 is 17.1 Å². The Morgan fingerprint density at radius 3 is 2.65 bits per heavy atom. The molecule has 0 fully saturated rings. The zero-order valence-corrected chi connectivity index (χ0v) is 18.7. The third-order valence-electron chi connectivity index (χ3n) is 6.46. The van der Waals surface area contributed by atoms with Gasteiger partial charge < -0.3 is 29.3 Å². The molecule has 1 unspecified atom stereocenters. The van der Waals surface area contributed by atoms with Gasteiger partial charge in [0, 0.05) is 50.2 Å². The summed E-state index contributed by atoms with van der Waals surface area (Å²) in [7, 11) is 3.75. The molecule has 1 N–H and O–H groups in total. The van der Waals surface area contributed by atoms with Gasteiger partial charge in [-0.15, -0.1) is 0 Å². The van der Waals surface area contributed by atoms with E-state index >= 15 is 0 Å². The number of ether oxygens (including phenoxy) is 2. The van der Waals surface area contributed by atoms with Crippen LogP contribution in [0.5, 0.6) is 5.75 Å². The van der Waals surface area contributed by atoms with E-state index in [9.17, 15) is 5.11 Å². The first-order chi connectivity index (χ1) is 15.1. The van der Waals surface area contributed by atoms with Gasteiger partial charge in [-0.1, -0.05) is 18.2 Å². The first kappa shape index (κ1) is 20.4. The van der Waals surface area contributed by atoms with E-state index in [1.165, 1.54) is 33.8 Å². The van der Waals surface area contributed by atoms with Crippen LogP contribution < -0.4 is 19.4 Å². The van der Waals surface area contributed by atoms with Crippen molar-refractivity contribution in [2.24, 2.45) is 0 Å². The highest BCUT2D eigenvalue weighted by atomic mass is 16.5. The second-order valence-electron chi connectivity index (χ2n) is 8.81. The average Bonchev–Trinajstić information content (AvgIpc) is 2.76. The van der Waals surface area contributed by atoms with Crippen molar-refractivity contribution in [3.05, 3.63) is 47.0 Å². The molecule has 3 aliphatic rings. The van der Waals surface area contributed by atoms with Crippen molar-refractivity contribution in [2.45, 2.75) is 32.7 Å². The molecule has 0 saturated carbocycles. The third kappa shape index (κ3) is 3.60. The van der Waals surface area contributed by atoms with Gasteiger partial charge in [0.05, 0.1) is 25.6 Å². The Balaban J connectivity index is 1.60. The summed E-state index contributed by atoms with van der Waals surface area (Å²) < 4.78 is 11.3. The molecule has 1 atom stereocenters. The number of nitrogens with zero attached hydrogens (tertiary/aromatic N) is 4. The molecule has 2 aromatic carbocycles. The van der Waals surface area contributed by atoms with Crippen LogP contribution in [-0.2, 0) is 24.4 Å². The minimum atomic E-state index is -0.645. The molecular weight excluding hydrogens is 392 g/mol. The summed E-state index contributed by atoms with van der Waals surface area (Å²) in [5, 5.41) is 10.2. The van der Waals surface area contributed by atoms with Gasteiger partial charge in [-0.2, -0.15) is 0 Å². The van der Waals surface area contributed by atoms with Crippen molar-refractivity contribution in [1.29, 1.82) is 0 Å². The zero-order chi connectivity index (χ0) is 21.5. The molecule has 0 aromatic heterocycles. The minimum absolute atomic E-state index is 0.223. The molecule has 2 aromatic rings. The van der Waals surface area contributed by atoms with Gasteiger partial charge in [0.1, 0.15) is 18.5 Å². The lowest BCUT2D eigenvalue weighted by atomic mass is 9.95. The number of para-hydroxylation sites is 1. The standard InChI is InChI=1S/C24H32N4O3/c1-4-26-15-25(2)10-18-9-22(31-14-19(29)13-30-3)24-20(23(18)26)12-27-16-28(24)11-17-7-5-6-8-21(17)27/h5-9,19,29H,4,10-16H2,1-3H3. The number of methoxy groups -OCH3 is 1. The molecule has 0 saturated heterocycles. The van der Waals surface area contributed by atoms with Crippen LogP contribution in [0.1, 0.15) is 23.6 Å². The van der Waals surface area contributed by atoms with Crippen LogP contribution in [0.2, 0.25) is 0 Å². The van der Waals surface area contributed by atoms with Gasteiger partial charge in [-0.25, -0.2) is 0 Å². The molecule has 5 rings (SSSR count). The quantitative estimate of drug-likeness (QED) is 0.765. The molecule has 166 valence electrons. The molecule has 0 radical (unpaired) electrons. The van der Waals surface area contributed by atoms with Crippen molar-refractivity contribution < 1.29 is 14.6 Å². The number of aliphatic hydroxyl groups excluding tert-OH is 1. The molecule has 0 spiro atoms. The highest BCUT2D eigenvalue weighted by molar-refractivity contribution is 5.81. The van der Waals surface area contributed by atoms with Gasteiger partial charge in [0.2, 0.25) is 0 Å². The van der Waals surface area contributed by atoms with Crippen LogP contribution in [0.25, 0.3) is 0 Å². The molecule has 3 aliphatic heterocycles. The molecular formula is C24H32N4O3. The second-order valence-corrected chi connectivity index (χ2v) is 8.81. The Morgan fingerprint density at radius 2 is 1.84 bits per heavy atom. The second kappa shape index (κ2) is 8.22. The Hall–Kier alpha value is -2.48. The van der Waals surface area contributed by atoms with Gasteiger partial charge in [-0.05, 0) is 37.2 Å². The SMILES string of the molecule is CCN1CN(C)Cc2cc(OCC(O)COC)c3c(c21)CN1CN3Cc2ccccc21. The van der Waals surface area contributed by atoms with E-state index in [0.717, 1.165) is 45.3 Å². The topological polar surface area (TPSA) is 51.7 Å². The van der Waals surface area contributed by atoms with Crippen molar-refractivity contribution in [3.63, 3.8) is 0 Å². The van der Waals surface area contributed by atoms with E-state index in [0.29, 0.717) is 0 Å². The van der Waals surface area contributed by atoms with Gasteiger partial charge in [0.15, 0.2) is 0 Å². The minimum Gasteiger partial charge on any atom is -0.489 e. The molecule has 7 nitrogen and oxygen atoms in total. The van der Waals surface area contributed by atoms with E-state index in [1.807, 2.05) is 0 Å². The number of anilines is 3.